The van der Waals surface area contributed by atoms with Crippen LogP contribution in [0.2, 0.25) is 0 Å². The van der Waals surface area contributed by atoms with E-state index in [0.29, 0.717) is 13.2 Å². The minimum absolute atomic E-state index is 0.0966. The summed E-state index contributed by atoms with van der Waals surface area (Å²) in [6, 6.07) is 0. The van der Waals surface area contributed by atoms with E-state index < -0.39 is 11.9 Å². The highest BCUT2D eigenvalue weighted by Gasteiger charge is 1.91. The fourth-order valence-electron chi connectivity index (χ4n) is 0.959. The Bertz CT molecular complexity index is 472. The zero-order valence-electron chi connectivity index (χ0n) is 12.7. The van der Waals surface area contributed by atoms with Crippen LogP contribution < -0.4 is 0 Å². The van der Waals surface area contributed by atoms with Gasteiger partial charge < -0.3 is 18.9 Å². The molecule has 118 valence electrons. The van der Waals surface area contributed by atoms with Crippen LogP contribution in [-0.4, -0.2) is 51.6 Å². The second kappa shape index (κ2) is 14.9. The second-order valence-electron chi connectivity index (χ2n) is 3.38. The van der Waals surface area contributed by atoms with Crippen molar-refractivity contribution in [3.8, 4) is 35.5 Å². The second-order valence-corrected chi connectivity index (χ2v) is 3.38. The van der Waals surface area contributed by atoms with Crippen molar-refractivity contribution >= 4 is 11.9 Å². The number of rotatable bonds is 6. The molecule has 0 N–H and O–H groups in total. The summed E-state index contributed by atoms with van der Waals surface area (Å²) in [5, 5.41) is 0. The van der Waals surface area contributed by atoms with Crippen LogP contribution in [0.5, 0.6) is 0 Å². The van der Waals surface area contributed by atoms with E-state index in [1.807, 2.05) is 0 Å². The fourth-order valence-corrected chi connectivity index (χ4v) is 0.959. The molecule has 6 nitrogen and oxygen atoms in total. The summed E-state index contributed by atoms with van der Waals surface area (Å²) < 4.78 is 19.3. The first-order valence-corrected chi connectivity index (χ1v) is 6.63. The smallest absolute Gasteiger partial charge is 0.384 e. The minimum Gasteiger partial charge on any atom is -0.456 e. The van der Waals surface area contributed by atoms with E-state index >= 15 is 0 Å². The van der Waals surface area contributed by atoms with E-state index in [0.717, 1.165) is 0 Å². The highest BCUT2D eigenvalue weighted by molar-refractivity contribution is 5.88. The summed E-state index contributed by atoms with van der Waals surface area (Å²) >= 11 is 0. The number of carbonyl (C=O) groups is 2. The fraction of sp³-hybridized carbons (Fsp3) is 0.500. The largest absolute Gasteiger partial charge is 0.456 e. The molecule has 0 aliphatic heterocycles. The molecule has 0 fully saturated rings. The average Bonchev–Trinajstić information content (AvgIpc) is 2.49. The molecule has 0 heterocycles. The SMILES string of the molecule is CCOC(=O)C#CCOCC#CCOCC#CC(=O)OCC. The molecular weight excluding hydrogens is 288 g/mol. The maximum atomic E-state index is 10.8. The van der Waals surface area contributed by atoms with Gasteiger partial charge >= 0.3 is 11.9 Å². The summed E-state index contributed by atoms with van der Waals surface area (Å²) in [5.74, 6) is 13.8. The van der Waals surface area contributed by atoms with Crippen LogP contribution in [0.25, 0.3) is 0 Å². The van der Waals surface area contributed by atoms with Gasteiger partial charge in [0.05, 0.1) is 13.2 Å². The lowest BCUT2D eigenvalue weighted by atomic mass is 10.5. The van der Waals surface area contributed by atoms with E-state index in [1.54, 1.807) is 13.8 Å². The van der Waals surface area contributed by atoms with Gasteiger partial charge in [-0.25, -0.2) is 9.59 Å². The Balaban J connectivity index is 3.58. The Labute approximate surface area is 130 Å². The third kappa shape index (κ3) is 14.0. The summed E-state index contributed by atoms with van der Waals surface area (Å²) in [7, 11) is 0. The van der Waals surface area contributed by atoms with Crippen LogP contribution >= 0.6 is 0 Å². The van der Waals surface area contributed by atoms with Crippen molar-refractivity contribution in [3.05, 3.63) is 0 Å². The van der Waals surface area contributed by atoms with Crippen molar-refractivity contribution in [2.45, 2.75) is 13.8 Å². The Hall–Kier alpha value is -2.46. The lowest BCUT2D eigenvalue weighted by Crippen LogP contribution is -2.01. The van der Waals surface area contributed by atoms with Crippen LogP contribution in [0.3, 0.4) is 0 Å². The lowest BCUT2D eigenvalue weighted by Gasteiger charge is -1.93. The van der Waals surface area contributed by atoms with Gasteiger partial charge in [-0.2, -0.15) is 0 Å². The van der Waals surface area contributed by atoms with Gasteiger partial charge in [-0.05, 0) is 13.8 Å². The first-order valence-electron chi connectivity index (χ1n) is 6.63. The number of hydrogen-bond donors (Lipinski definition) is 0. The van der Waals surface area contributed by atoms with Crippen LogP contribution in [0.1, 0.15) is 13.8 Å². The molecule has 0 unspecified atom stereocenters. The van der Waals surface area contributed by atoms with Crippen molar-refractivity contribution in [1.82, 2.24) is 0 Å². The Kier molecular flexibility index (Phi) is 13.3. The van der Waals surface area contributed by atoms with Gasteiger partial charge in [-0.1, -0.05) is 23.7 Å². The molecule has 0 spiro atoms. The van der Waals surface area contributed by atoms with E-state index in [1.165, 1.54) is 0 Å². The monoisotopic (exact) mass is 306 g/mol. The molecule has 0 aliphatic rings. The minimum atomic E-state index is -0.575. The molecule has 0 aromatic heterocycles. The van der Waals surface area contributed by atoms with Crippen LogP contribution in [0, 0.1) is 35.5 Å². The quantitative estimate of drug-likeness (QED) is 0.301. The highest BCUT2D eigenvalue weighted by atomic mass is 16.5. The van der Waals surface area contributed by atoms with Gasteiger partial charge in [0.1, 0.15) is 26.4 Å². The van der Waals surface area contributed by atoms with Gasteiger partial charge in [-0.3, -0.25) is 0 Å². The van der Waals surface area contributed by atoms with E-state index in [-0.39, 0.29) is 26.4 Å². The molecule has 22 heavy (non-hydrogen) atoms. The summed E-state index contributed by atoms with van der Waals surface area (Å²) in [6.45, 7) is 4.55. The van der Waals surface area contributed by atoms with Crippen LogP contribution in [0.15, 0.2) is 0 Å². The summed E-state index contributed by atoms with van der Waals surface area (Å²) in [4.78, 5) is 21.7. The first kappa shape index (κ1) is 19.5. The molecule has 6 heteroatoms. The van der Waals surface area contributed by atoms with Crippen molar-refractivity contribution in [1.29, 1.82) is 0 Å². The molecule has 0 atom stereocenters. The van der Waals surface area contributed by atoms with Crippen molar-refractivity contribution in [2.75, 3.05) is 39.6 Å². The predicted molar refractivity (Wildman–Crippen MR) is 78.2 cm³/mol. The maximum absolute atomic E-state index is 10.8. The number of esters is 2. The number of carbonyl (C=O) groups excluding carboxylic acids is 2. The predicted octanol–water partition coefficient (Wildman–Crippen LogP) is 0.156. The Morgan fingerprint density at radius 3 is 1.41 bits per heavy atom. The molecule has 0 aromatic rings. The molecule has 0 aliphatic carbocycles. The molecule has 0 saturated carbocycles. The van der Waals surface area contributed by atoms with Gasteiger partial charge in [0.25, 0.3) is 0 Å². The number of ether oxygens (including phenoxy) is 4. The van der Waals surface area contributed by atoms with Crippen molar-refractivity contribution < 1.29 is 28.5 Å². The molecule has 0 aromatic carbocycles. The summed E-state index contributed by atoms with van der Waals surface area (Å²) in [6.07, 6.45) is 0. The zero-order valence-corrected chi connectivity index (χ0v) is 12.7. The van der Waals surface area contributed by atoms with Gasteiger partial charge in [-0.15, -0.1) is 0 Å². The third-order valence-corrected chi connectivity index (χ3v) is 1.75. The average molecular weight is 306 g/mol. The Morgan fingerprint density at radius 1 is 0.682 bits per heavy atom. The third-order valence-electron chi connectivity index (χ3n) is 1.75. The Morgan fingerprint density at radius 2 is 1.05 bits per heavy atom. The zero-order chi connectivity index (χ0) is 16.5. The molecule has 0 amide bonds. The molecular formula is C16H18O6. The van der Waals surface area contributed by atoms with Gasteiger partial charge in [0, 0.05) is 11.8 Å². The van der Waals surface area contributed by atoms with Gasteiger partial charge in [0.2, 0.25) is 0 Å². The van der Waals surface area contributed by atoms with E-state index in [2.05, 4.69) is 45.0 Å². The lowest BCUT2D eigenvalue weighted by molar-refractivity contribution is -0.137. The topological polar surface area (TPSA) is 71.1 Å². The van der Waals surface area contributed by atoms with E-state index in [9.17, 15) is 9.59 Å². The van der Waals surface area contributed by atoms with Crippen molar-refractivity contribution in [2.24, 2.45) is 0 Å². The molecule has 0 saturated heterocycles. The van der Waals surface area contributed by atoms with Crippen LogP contribution in [0.4, 0.5) is 0 Å². The molecule has 0 bridgehead atoms. The highest BCUT2D eigenvalue weighted by Crippen LogP contribution is 1.77. The summed E-state index contributed by atoms with van der Waals surface area (Å²) in [5.41, 5.74) is 0. The molecule has 0 rings (SSSR count). The normalized spacial score (nSPS) is 8.27. The standard InChI is InChI=1S/C16H18O6/c1-3-21-15(17)9-7-13-19-11-5-6-12-20-14-8-10-16(18)22-4-2/h3-4,11-14H2,1-2H3. The molecule has 0 radical (unpaired) electrons. The van der Waals surface area contributed by atoms with Gasteiger partial charge in [0.15, 0.2) is 0 Å². The maximum Gasteiger partial charge on any atom is 0.384 e. The van der Waals surface area contributed by atoms with E-state index in [4.69, 9.17) is 9.47 Å². The van der Waals surface area contributed by atoms with Crippen molar-refractivity contribution in [3.63, 3.8) is 0 Å². The number of hydrogen-bond acceptors (Lipinski definition) is 6. The van der Waals surface area contributed by atoms with Crippen LogP contribution in [-0.2, 0) is 28.5 Å². The first-order chi connectivity index (χ1) is 10.7.